The van der Waals surface area contributed by atoms with E-state index in [1.54, 1.807) is 7.11 Å². The molecule has 1 N–H and O–H groups in total. The predicted molar refractivity (Wildman–Crippen MR) is 69.6 cm³/mol. The molecule has 0 aromatic heterocycles. The average molecular weight is 239 g/mol. The van der Waals surface area contributed by atoms with Crippen LogP contribution in [0.1, 0.15) is 17.5 Å². The highest BCUT2D eigenvalue weighted by atomic mass is 32.1. The number of methoxy groups -OCH3 is 1. The molecule has 0 saturated heterocycles. The summed E-state index contributed by atoms with van der Waals surface area (Å²) in [4.78, 5) is 11.4. The van der Waals surface area contributed by atoms with Crippen molar-refractivity contribution in [1.29, 1.82) is 0 Å². The Morgan fingerprint density at radius 1 is 1.38 bits per heavy atom. The fourth-order valence-electron chi connectivity index (χ4n) is 1.46. The highest BCUT2D eigenvalue weighted by Crippen LogP contribution is 2.25. The highest BCUT2D eigenvalue weighted by molar-refractivity contribution is 7.80. The van der Waals surface area contributed by atoms with E-state index < -0.39 is 0 Å². The van der Waals surface area contributed by atoms with E-state index in [9.17, 15) is 4.79 Å². The molecular weight excluding hydrogens is 222 g/mol. The number of hydrogen-bond acceptors (Lipinski definition) is 3. The van der Waals surface area contributed by atoms with Gasteiger partial charge in [0.05, 0.1) is 7.11 Å². The first-order valence-corrected chi connectivity index (χ1v) is 5.77. The van der Waals surface area contributed by atoms with E-state index in [1.165, 1.54) is 0 Å². The van der Waals surface area contributed by atoms with Crippen molar-refractivity contribution >= 4 is 24.2 Å². The molecule has 0 spiro atoms. The van der Waals surface area contributed by atoms with Crippen LogP contribution in [0.4, 0.5) is 5.69 Å². The van der Waals surface area contributed by atoms with Gasteiger partial charge in [0, 0.05) is 12.1 Å². The van der Waals surface area contributed by atoms with Crippen LogP contribution in [0.3, 0.4) is 0 Å². The maximum atomic E-state index is 11.4. The first-order valence-electron chi connectivity index (χ1n) is 5.14. The normalized spacial score (nSPS) is 10.0. The molecule has 1 aromatic carbocycles. The predicted octanol–water partition coefficient (Wildman–Crippen LogP) is 2.57. The topological polar surface area (TPSA) is 38.3 Å². The first-order chi connectivity index (χ1) is 7.58. The fraction of sp³-hybridized carbons (Fsp3) is 0.417. The highest BCUT2D eigenvalue weighted by Gasteiger charge is 2.07. The minimum absolute atomic E-state index is 0.0114. The van der Waals surface area contributed by atoms with Crippen molar-refractivity contribution < 1.29 is 9.53 Å². The Bertz CT molecular complexity index is 391. The van der Waals surface area contributed by atoms with Gasteiger partial charge in [-0.1, -0.05) is 0 Å². The third-order valence-corrected chi connectivity index (χ3v) is 2.58. The summed E-state index contributed by atoms with van der Waals surface area (Å²) < 4.78 is 5.21. The number of amides is 1. The van der Waals surface area contributed by atoms with Crippen molar-refractivity contribution in [3.8, 4) is 5.75 Å². The van der Waals surface area contributed by atoms with Gasteiger partial charge in [-0.05, 0) is 42.9 Å². The molecule has 0 bridgehead atoms. The summed E-state index contributed by atoms with van der Waals surface area (Å²) in [6, 6.07) is 3.84. The number of carbonyl (C=O) groups excluding carboxylic acids is 1. The zero-order valence-corrected chi connectivity index (χ0v) is 10.7. The summed E-state index contributed by atoms with van der Waals surface area (Å²) >= 11 is 4.02. The lowest BCUT2D eigenvalue weighted by Gasteiger charge is -2.12. The van der Waals surface area contributed by atoms with E-state index in [2.05, 4.69) is 17.9 Å². The van der Waals surface area contributed by atoms with Crippen LogP contribution in [0.15, 0.2) is 12.1 Å². The third kappa shape index (κ3) is 3.17. The number of aryl methyl sites for hydroxylation is 2. The Morgan fingerprint density at radius 2 is 2.06 bits per heavy atom. The molecule has 0 heterocycles. The van der Waals surface area contributed by atoms with Gasteiger partial charge in [-0.2, -0.15) is 12.6 Å². The summed E-state index contributed by atoms with van der Waals surface area (Å²) in [7, 11) is 1.64. The number of hydrogen-bond donors (Lipinski definition) is 2. The Balaban J connectivity index is 2.89. The van der Waals surface area contributed by atoms with E-state index in [1.807, 2.05) is 26.0 Å². The summed E-state index contributed by atoms with van der Waals surface area (Å²) in [6.45, 7) is 3.89. The lowest BCUT2D eigenvalue weighted by atomic mass is 10.1. The molecule has 1 rings (SSSR count). The lowest BCUT2D eigenvalue weighted by molar-refractivity contribution is -0.115. The Kier molecular flexibility index (Phi) is 4.68. The molecule has 0 unspecified atom stereocenters. The number of nitrogens with one attached hydrogen (secondary N) is 1. The van der Waals surface area contributed by atoms with Gasteiger partial charge in [0.2, 0.25) is 5.91 Å². The van der Waals surface area contributed by atoms with E-state index in [0.29, 0.717) is 12.2 Å². The molecule has 0 aliphatic heterocycles. The zero-order chi connectivity index (χ0) is 12.1. The first kappa shape index (κ1) is 12.9. The summed E-state index contributed by atoms with van der Waals surface area (Å²) in [5.74, 6) is 1.38. The number of carbonyl (C=O) groups is 1. The molecule has 4 heteroatoms. The van der Waals surface area contributed by atoms with Crippen molar-refractivity contribution in [3.63, 3.8) is 0 Å². The van der Waals surface area contributed by atoms with E-state index in [4.69, 9.17) is 4.74 Å². The quantitative estimate of drug-likeness (QED) is 0.793. The van der Waals surface area contributed by atoms with Crippen molar-refractivity contribution in [3.05, 3.63) is 23.3 Å². The molecule has 1 amide bonds. The monoisotopic (exact) mass is 239 g/mol. The van der Waals surface area contributed by atoms with Crippen molar-refractivity contribution in [2.45, 2.75) is 20.3 Å². The molecule has 0 aliphatic rings. The van der Waals surface area contributed by atoms with Crippen LogP contribution in [0.25, 0.3) is 0 Å². The Morgan fingerprint density at radius 3 is 2.62 bits per heavy atom. The number of ether oxygens (including phenoxy) is 1. The second-order valence-electron chi connectivity index (χ2n) is 3.66. The SMILES string of the molecule is COc1cc(C)c(NC(=O)CCS)cc1C. The Labute approximate surface area is 102 Å². The van der Waals surface area contributed by atoms with Gasteiger partial charge in [-0.25, -0.2) is 0 Å². The second kappa shape index (κ2) is 5.80. The maximum absolute atomic E-state index is 11.4. The van der Waals surface area contributed by atoms with Crippen LogP contribution in [-0.4, -0.2) is 18.8 Å². The van der Waals surface area contributed by atoms with Crippen molar-refractivity contribution in [2.75, 3.05) is 18.2 Å². The van der Waals surface area contributed by atoms with Crippen LogP contribution < -0.4 is 10.1 Å². The number of benzene rings is 1. The summed E-state index contributed by atoms with van der Waals surface area (Å²) in [5, 5.41) is 2.86. The van der Waals surface area contributed by atoms with E-state index >= 15 is 0 Å². The molecular formula is C12H17NO2S. The van der Waals surface area contributed by atoms with Crippen LogP contribution in [-0.2, 0) is 4.79 Å². The zero-order valence-electron chi connectivity index (χ0n) is 9.83. The van der Waals surface area contributed by atoms with Crippen LogP contribution in [0.5, 0.6) is 5.75 Å². The van der Waals surface area contributed by atoms with E-state index in [-0.39, 0.29) is 5.91 Å². The van der Waals surface area contributed by atoms with Crippen LogP contribution in [0.2, 0.25) is 0 Å². The van der Waals surface area contributed by atoms with Crippen molar-refractivity contribution in [2.24, 2.45) is 0 Å². The molecule has 88 valence electrons. The largest absolute Gasteiger partial charge is 0.496 e. The lowest BCUT2D eigenvalue weighted by Crippen LogP contribution is -2.12. The minimum Gasteiger partial charge on any atom is -0.496 e. The third-order valence-electron chi connectivity index (χ3n) is 2.35. The molecule has 16 heavy (non-hydrogen) atoms. The second-order valence-corrected chi connectivity index (χ2v) is 4.11. The summed E-state index contributed by atoms with van der Waals surface area (Å²) in [5.41, 5.74) is 2.84. The molecule has 0 saturated carbocycles. The number of anilines is 1. The molecule has 1 aromatic rings. The van der Waals surface area contributed by atoms with Crippen LogP contribution >= 0.6 is 12.6 Å². The van der Waals surface area contributed by atoms with Crippen LogP contribution in [0, 0.1) is 13.8 Å². The Hall–Kier alpha value is -1.16. The van der Waals surface area contributed by atoms with Gasteiger partial charge in [0.25, 0.3) is 0 Å². The summed E-state index contributed by atoms with van der Waals surface area (Å²) in [6.07, 6.45) is 0.424. The average Bonchev–Trinajstić information content (AvgIpc) is 2.23. The van der Waals surface area contributed by atoms with E-state index in [0.717, 1.165) is 22.6 Å². The molecule has 0 fully saturated rings. The van der Waals surface area contributed by atoms with Crippen molar-refractivity contribution in [1.82, 2.24) is 0 Å². The number of rotatable bonds is 4. The smallest absolute Gasteiger partial charge is 0.225 e. The molecule has 0 aliphatic carbocycles. The molecule has 3 nitrogen and oxygen atoms in total. The van der Waals surface area contributed by atoms with Gasteiger partial charge in [-0.15, -0.1) is 0 Å². The standard InChI is InChI=1S/C12H17NO2S/c1-8-7-11(15-3)9(2)6-10(8)13-12(14)4-5-16/h6-7,16H,4-5H2,1-3H3,(H,13,14). The number of thiol groups is 1. The van der Waals surface area contributed by atoms with Gasteiger partial charge < -0.3 is 10.1 Å². The van der Waals surface area contributed by atoms with Gasteiger partial charge in [0.15, 0.2) is 0 Å². The molecule has 0 radical (unpaired) electrons. The fourth-order valence-corrected chi connectivity index (χ4v) is 1.66. The molecule has 0 atom stereocenters. The minimum atomic E-state index is -0.0114. The van der Waals surface area contributed by atoms with Gasteiger partial charge >= 0.3 is 0 Å². The van der Waals surface area contributed by atoms with Gasteiger partial charge in [0.1, 0.15) is 5.75 Å². The maximum Gasteiger partial charge on any atom is 0.225 e. The van der Waals surface area contributed by atoms with Gasteiger partial charge in [-0.3, -0.25) is 4.79 Å².